The van der Waals surface area contributed by atoms with Crippen molar-refractivity contribution in [1.82, 2.24) is 5.32 Å². The summed E-state index contributed by atoms with van der Waals surface area (Å²) in [6, 6.07) is 13.8. The Morgan fingerprint density at radius 1 is 1.05 bits per heavy atom. The Labute approximate surface area is 120 Å². The van der Waals surface area contributed by atoms with E-state index < -0.39 is 0 Å². The van der Waals surface area contributed by atoms with Crippen molar-refractivity contribution in [2.24, 2.45) is 0 Å². The normalized spacial score (nSPS) is 12.6. The lowest BCUT2D eigenvalue weighted by atomic mass is 10.0. The van der Waals surface area contributed by atoms with Crippen molar-refractivity contribution in [2.75, 3.05) is 6.54 Å². The third kappa shape index (κ3) is 3.26. The van der Waals surface area contributed by atoms with Crippen LogP contribution >= 0.6 is 11.3 Å². The van der Waals surface area contributed by atoms with Gasteiger partial charge in [0.2, 0.25) is 0 Å². The van der Waals surface area contributed by atoms with Crippen molar-refractivity contribution in [3.8, 4) is 10.4 Å². The highest BCUT2D eigenvalue weighted by molar-refractivity contribution is 7.15. The van der Waals surface area contributed by atoms with E-state index in [2.05, 4.69) is 62.5 Å². The van der Waals surface area contributed by atoms with Crippen LogP contribution in [0.2, 0.25) is 0 Å². The second kappa shape index (κ2) is 6.88. The summed E-state index contributed by atoms with van der Waals surface area (Å²) in [6.07, 6.45) is 2.23. The Balaban J connectivity index is 2.30. The van der Waals surface area contributed by atoms with Crippen molar-refractivity contribution in [2.45, 2.75) is 39.7 Å². The predicted octanol–water partition coefficient (Wildman–Crippen LogP) is 5.04. The third-order valence-corrected chi connectivity index (χ3v) is 4.72. The zero-order valence-electron chi connectivity index (χ0n) is 12.1. The molecule has 19 heavy (non-hydrogen) atoms. The minimum absolute atomic E-state index is 0.498. The SMILES string of the molecule is CCNC(CC)c1ccc(-c2ccccc2CC)s1. The average molecular weight is 273 g/mol. The summed E-state index contributed by atoms with van der Waals surface area (Å²) >= 11 is 1.93. The van der Waals surface area contributed by atoms with Crippen molar-refractivity contribution in [1.29, 1.82) is 0 Å². The monoisotopic (exact) mass is 273 g/mol. The first-order valence-corrected chi connectivity index (χ1v) is 8.03. The Kier molecular flexibility index (Phi) is 5.17. The fraction of sp³-hybridized carbons (Fsp3) is 0.412. The van der Waals surface area contributed by atoms with Crippen molar-refractivity contribution in [3.05, 3.63) is 46.8 Å². The smallest absolute Gasteiger partial charge is 0.0412 e. The van der Waals surface area contributed by atoms with Crippen LogP contribution in [0.3, 0.4) is 0 Å². The average Bonchev–Trinajstić information content (AvgIpc) is 2.94. The Bertz CT molecular complexity index is 515. The lowest BCUT2D eigenvalue weighted by molar-refractivity contribution is 0.545. The minimum atomic E-state index is 0.498. The van der Waals surface area contributed by atoms with E-state index in [-0.39, 0.29) is 0 Å². The molecule has 0 amide bonds. The van der Waals surface area contributed by atoms with Crippen LogP contribution in [0.5, 0.6) is 0 Å². The predicted molar refractivity (Wildman–Crippen MR) is 85.8 cm³/mol. The molecule has 0 fully saturated rings. The van der Waals surface area contributed by atoms with Crippen LogP contribution in [0.15, 0.2) is 36.4 Å². The van der Waals surface area contributed by atoms with Gasteiger partial charge in [0.1, 0.15) is 0 Å². The quantitative estimate of drug-likeness (QED) is 0.777. The van der Waals surface area contributed by atoms with Crippen LogP contribution in [0.4, 0.5) is 0 Å². The van der Waals surface area contributed by atoms with Gasteiger partial charge in [0.25, 0.3) is 0 Å². The van der Waals surface area contributed by atoms with Crippen LogP contribution < -0.4 is 5.32 Å². The molecular weight excluding hydrogens is 250 g/mol. The van der Waals surface area contributed by atoms with Gasteiger partial charge in [-0.25, -0.2) is 0 Å². The first-order chi connectivity index (χ1) is 9.30. The highest BCUT2D eigenvalue weighted by Crippen LogP contribution is 2.34. The summed E-state index contributed by atoms with van der Waals surface area (Å²) in [7, 11) is 0. The Hall–Kier alpha value is -1.12. The fourth-order valence-electron chi connectivity index (χ4n) is 2.45. The number of nitrogens with one attached hydrogen (secondary N) is 1. The lowest BCUT2D eigenvalue weighted by Gasteiger charge is -2.13. The van der Waals surface area contributed by atoms with E-state index in [9.17, 15) is 0 Å². The van der Waals surface area contributed by atoms with Crippen molar-refractivity contribution < 1.29 is 0 Å². The molecule has 1 N–H and O–H groups in total. The maximum Gasteiger partial charge on any atom is 0.0412 e. The van der Waals surface area contributed by atoms with Crippen molar-refractivity contribution >= 4 is 11.3 Å². The van der Waals surface area contributed by atoms with Crippen LogP contribution in [0.1, 0.15) is 43.7 Å². The van der Waals surface area contributed by atoms with Crippen LogP contribution in [0.25, 0.3) is 10.4 Å². The molecule has 0 radical (unpaired) electrons. The highest BCUT2D eigenvalue weighted by atomic mass is 32.1. The van der Waals surface area contributed by atoms with Gasteiger partial charge in [0, 0.05) is 15.8 Å². The molecule has 0 aliphatic heterocycles. The summed E-state index contributed by atoms with van der Waals surface area (Å²) in [5.74, 6) is 0. The van der Waals surface area contributed by atoms with Gasteiger partial charge >= 0.3 is 0 Å². The largest absolute Gasteiger partial charge is 0.310 e. The Morgan fingerprint density at radius 3 is 2.53 bits per heavy atom. The molecule has 2 heteroatoms. The van der Waals surface area contributed by atoms with Gasteiger partial charge < -0.3 is 5.32 Å². The highest BCUT2D eigenvalue weighted by Gasteiger charge is 2.12. The molecule has 2 rings (SSSR count). The first kappa shape index (κ1) is 14.3. The number of hydrogen-bond donors (Lipinski definition) is 1. The molecule has 1 aromatic heterocycles. The zero-order valence-corrected chi connectivity index (χ0v) is 12.9. The molecule has 1 heterocycles. The first-order valence-electron chi connectivity index (χ1n) is 7.21. The van der Waals surface area contributed by atoms with Crippen molar-refractivity contribution in [3.63, 3.8) is 0 Å². The molecule has 2 aromatic rings. The molecule has 0 aliphatic rings. The molecule has 0 spiro atoms. The molecule has 1 atom stereocenters. The number of rotatable bonds is 6. The molecule has 0 saturated heterocycles. The number of aryl methyl sites for hydroxylation is 1. The second-order valence-electron chi connectivity index (χ2n) is 4.73. The van der Waals surface area contributed by atoms with Gasteiger partial charge in [0.15, 0.2) is 0 Å². The number of benzene rings is 1. The van der Waals surface area contributed by atoms with E-state index >= 15 is 0 Å². The third-order valence-electron chi connectivity index (χ3n) is 3.49. The topological polar surface area (TPSA) is 12.0 Å². The van der Waals surface area contributed by atoms with Crippen LogP contribution in [-0.2, 0) is 6.42 Å². The molecule has 0 saturated carbocycles. The summed E-state index contributed by atoms with van der Waals surface area (Å²) in [5, 5.41) is 3.55. The van der Waals surface area contributed by atoms with Gasteiger partial charge in [-0.1, -0.05) is 45.0 Å². The van der Waals surface area contributed by atoms with Crippen LogP contribution in [0, 0.1) is 0 Å². The summed E-state index contributed by atoms with van der Waals surface area (Å²) < 4.78 is 0. The van der Waals surface area contributed by atoms with Gasteiger partial charge in [-0.2, -0.15) is 0 Å². The summed E-state index contributed by atoms with van der Waals surface area (Å²) in [6.45, 7) is 7.66. The molecule has 102 valence electrons. The number of thiophene rings is 1. The molecule has 0 aliphatic carbocycles. The molecule has 1 nitrogen and oxygen atoms in total. The molecule has 1 unspecified atom stereocenters. The van der Waals surface area contributed by atoms with Gasteiger partial charge in [-0.15, -0.1) is 11.3 Å². The van der Waals surface area contributed by atoms with Gasteiger partial charge in [0.05, 0.1) is 0 Å². The maximum atomic E-state index is 3.55. The van der Waals surface area contributed by atoms with Crippen LogP contribution in [-0.4, -0.2) is 6.54 Å². The second-order valence-corrected chi connectivity index (χ2v) is 5.85. The van der Waals surface area contributed by atoms with E-state index in [1.807, 2.05) is 11.3 Å². The van der Waals surface area contributed by atoms with E-state index in [1.165, 1.54) is 20.9 Å². The minimum Gasteiger partial charge on any atom is -0.310 e. The Morgan fingerprint density at radius 2 is 1.84 bits per heavy atom. The van der Waals surface area contributed by atoms with E-state index in [0.29, 0.717) is 6.04 Å². The molecule has 0 bridgehead atoms. The molecular formula is C17H23NS. The summed E-state index contributed by atoms with van der Waals surface area (Å²) in [5.41, 5.74) is 2.83. The zero-order chi connectivity index (χ0) is 13.7. The maximum absolute atomic E-state index is 3.55. The van der Waals surface area contributed by atoms with Gasteiger partial charge in [-0.05, 0) is 42.6 Å². The van der Waals surface area contributed by atoms with E-state index in [0.717, 1.165) is 19.4 Å². The van der Waals surface area contributed by atoms with E-state index in [1.54, 1.807) is 0 Å². The molecule has 1 aromatic carbocycles. The van der Waals surface area contributed by atoms with E-state index in [4.69, 9.17) is 0 Å². The summed E-state index contributed by atoms with van der Waals surface area (Å²) in [4.78, 5) is 2.84. The standard InChI is InChI=1S/C17H23NS/c1-4-13-9-7-8-10-14(13)16-11-12-17(19-16)15(5-2)18-6-3/h7-12,15,18H,4-6H2,1-3H3. The number of hydrogen-bond acceptors (Lipinski definition) is 2. The lowest BCUT2D eigenvalue weighted by Crippen LogP contribution is -2.18. The fourth-order valence-corrected chi connectivity index (χ4v) is 3.67. The van der Waals surface area contributed by atoms with Gasteiger partial charge in [-0.3, -0.25) is 0 Å².